The van der Waals surface area contributed by atoms with Crippen LogP contribution in [-0.2, 0) is 12.8 Å². The first kappa shape index (κ1) is 40.5. The number of nitrogens with zero attached hydrogens (tertiary/aromatic N) is 2. The van der Waals surface area contributed by atoms with Crippen molar-refractivity contribution in [3.8, 4) is 0 Å². The molecule has 51 heavy (non-hydrogen) atoms. The highest BCUT2D eigenvalue weighted by Crippen LogP contribution is 2.45. The van der Waals surface area contributed by atoms with Crippen LogP contribution in [0.15, 0.2) is 36.7 Å². The molecule has 0 atom stereocenters. The average molecular weight is 697 g/mol. The molecule has 0 radical (unpaired) electrons. The molecule has 286 valence electrons. The minimum absolute atomic E-state index is 0.729. The van der Waals surface area contributed by atoms with E-state index in [1.54, 1.807) is 0 Å². The summed E-state index contributed by atoms with van der Waals surface area (Å²) in [6.45, 7) is 9.20. The van der Waals surface area contributed by atoms with Crippen molar-refractivity contribution in [2.75, 3.05) is 0 Å². The number of hydrogen-bond donors (Lipinski definition) is 0. The second kappa shape index (κ2) is 22.5. The largest absolute Gasteiger partial charge is 0.261 e. The van der Waals surface area contributed by atoms with Crippen molar-refractivity contribution in [1.82, 2.24) is 9.97 Å². The smallest absolute Gasteiger partial charge is 0.0434 e. The molecule has 0 spiro atoms. The molecule has 0 amide bonds. The minimum Gasteiger partial charge on any atom is -0.261 e. The van der Waals surface area contributed by atoms with Gasteiger partial charge in [-0.2, -0.15) is 0 Å². The van der Waals surface area contributed by atoms with Crippen LogP contribution in [0.4, 0.5) is 0 Å². The van der Waals surface area contributed by atoms with E-state index >= 15 is 0 Å². The van der Waals surface area contributed by atoms with Gasteiger partial charge in [-0.25, -0.2) is 0 Å². The molecule has 4 fully saturated rings. The molecule has 4 saturated carbocycles. The molecule has 0 aliphatic heterocycles. The summed E-state index contributed by atoms with van der Waals surface area (Å²) in [4.78, 5) is 9.65. The maximum absolute atomic E-state index is 4.83. The monoisotopic (exact) mass is 697 g/mol. The molecule has 2 heterocycles. The van der Waals surface area contributed by atoms with Crippen molar-refractivity contribution in [2.45, 2.75) is 213 Å². The zero-order chi connectivity index (χ0) is 35.7. The second-order valence-corrected chi connectivity index (χ2v) is 18.1. The molecule has 2 heteroatoms. The van der Waals surface area contributed by atoms with Crippen molar-refractivity contribution in [1.29, 1.82) is 0 Å². The summed E-state index contributed by atoms with van der Waals surface area (Å²) in [6.07, 6.45) is 42.4. The Hall–Kier alpha value is -1.70. The normalized spacial score (nSPS) is 30.0. The van der Waals surface area contributed by atoms with Gasteiger partial charge in [0.25, 0.3) is 0 Å². The van der Waals surface area contributed by atoms with Gasteiger partial charge in [-0.05, 0) is 162 Å². The second-order valence-electron chi connectivity index (χ2n) is 18.1. The van der Waals surface area contributed by atoms with Gasteiger partial charge in [0.15, 0.2) is 0 Å². The Morgan fingerprint density at radius 3 is 1.12 bits per heavy atom. The number of pyridine rings is 2. The Kier molecular flexibility index (Phi) is 17.9. The minimum atomic E-state index is 0.729. The zero-order valence-corrected chi connectivity index (χ0v) is 34.1. The Bertz CT molecular complexity index is 1150. The van der Waals surface area contributed by atoms with Crippen molar-refractivity contribution in [3.63, 3.8) is 0 Å². The molecule has 6 rings (SSSR count). The summed E-state index contributed by atoms with van der Waals surface area (Å²) >= 11 is 0. The summed E-state index contributed by atoms with van der Waals surface area (Å²) in [5.41, 5.74) is 5.57. The van der Waals surface area contributed by atoms with Crippen molar-refractivity contribution in [3.05, 3.63) is 59.2 Å². The van der Waals surface area contributed by atoms with Gasteiger partial charge in [-0.1, -0.05) is 110 Å². The van der Waals surface area contributed by atoms with Crippen molar-refractivity contribution >= 4 is 0 Å². The maximum Gasteiger partial charge on any atom is 0.0434 e. The van der Waals surface area contributed by atoms with E-state index in [9.17, 15) is 0 Å². The average Bonchev–Trinajstić information content (AvgIpc) is 3.20. The third-order valence-corrected chi connectivity index (χ3v) is 14.5. The molecule has 4 aliphatic carbocycles. The highest BCUT2D eigenvalue weighted by atomic mass is 14.7. The van der Waals surface area contributed by atoms with Gasteiger partial charge in [0, 0.05) is 35.6 Å². The lowest BCUT2D eigenvalue weighted by Gasteiger charge is -2.37. The summed E-state index contributed by atoms with van der Waals surface area (Å²) < 4.78 is 0. The standard InChI is InChI=1S/C25H41N.C24H39N/c1-3-5-7-20-9-12-22(13-10-20)23-14-16-24(17-15-23)25-18-11-21(19-26-25)8-6-4-2;1-3-5-7-20-10-17-24(25-18-20)23-15-13-22(14-16-23)21-11-8-19(6-4-2)9-12-21/h11,18-20,22-24H,3-10,12-17H2,1-2H3;10,17-19,21-23H,3-9,11-16H2,1-2H3/t20-,22-,23?,24?;19-,21-,22?,23?. The summed E-state index contributed by atoms with van der Waals surface area (Å²) in [5, 5.41) is 0. The molecule has 2 nitrogen and oxygen atoms in total. The molecule has 4 aliphatic rings. The number of unbranched alkanes of at least 4 members (excludes halogenated alkanes) is 3. The van der Waals surface area contributed by atoms with E-state index in [2.05, 4.69) is 64.4 Å². The lowest BCUT2D eigenvalue weighted by molar-refractivity contribution is 0.155. The van der Waals surface area contributed by atoms with Crippen LogP contribution in [0.5, 0.6) is 0 Å². The van der Waals surface area contributed by atoms with Gasteiger partial charge in [-0.3, -0.25) is 9.97 Å². The number of hydrogen-bond acceptors (Lipinski definition) is 2. The Morgan fingerprint density at radius 2 is 0.784 bits per heavy atom. The van der Waals surface area contributed by atoms with Gasteiger partial charge >= 0.3 is 0 Å². The van der Waals surface area contributed by atoms with E-state index in [1.807, 2.05) is 0 Å². The van der Waals surface area contributed by atoms with Crippen LogP contribution in [0, 0.1) is 35.5 Å². The lowest BCUT2D eigenvalue weighted by atomic mass is 9.68. The van der Waals surface area contributed by atoms with Crippen LogP contribution in [0.1, 0.15) is 223 Å². The van der Waals surface area contributed by atoms with E-state index in [0.717, 1.165) is 47.3 Å². The predicted molar refractivity (Wildman–Crippen MR) is 220 cm³/mol. The van der Waals surface area contributed by atoms with E-state index in [0.29, 0.717) is 0 Å². The summed E-state index contributed by atoms with van der Waals surface area (Å²) in [5.74, 6) is 7.67. The highest BCUT2D eigenvalue weighted by molar-refractivity contribution is 5.18. The fourth-order valence-electron chi connectivity index (χ4n) is 11.0. The van der Waals surface area contributed by atoms with Crippen molar-refractivity contribution < 1.29 is 0 Å². The van der Waals surface area contributed by atoms with Gasteiger partial charge in [0.05, 0.1) is 0 Å². The van der Waals surface area contributed by atoms with Crippen LogP contribution < -0.4 is 0 Å². The number of aryl methyl sites for hydroxylation is 2. The van der Waals surface area contributed by atoms with Gasteiger partial charge in [-0.15, -0.1) is 0 Å². The number of rotatable bonds is 15. The first-order chi connectivity index (χ1) is 25.1. The van der Waals surface area contributed by atoms with E-state index < -0.39 is 0 Å². The van der Waals surface area contributed by atoms with Crippen LogP contribution in [0.3, 0.4) is 0 Å². The third-order valence-electron chi connectivity index (χ3n) is 14.5. The highest BCUT2D eigenvalue weighted by Gasteiger charge is 2.33. The summed E-state index contributed by atoms with van der Waals surface area (Å²) in [7, 11) is 0. The van der Waals surface area contributed by atoms with Gasteiger partial charge < -0.3 is 0 Å². The fraction of sp³-hybridized carbons (Fsp3) is 0.796. The number of aromatic nitrogens is 2. The topological polar surface area (TPSA) is 25.8 Å². The third kappa shape index (κ3) is 13.0. The molecule has 0 unspecified atom stereocenters. The van der Waals surface area contributed by atoms with E-state index in [4.69, 9.17) is 9.97 Å². The fourth-order valence-corrected chi connectivity index (χ4v) is 11.0. The van der Waals surface area contributed by atoms with Crippen LogP contribution in [-0.4, -0.2) is 9.97 Å². The van der Waals surface area contributed by atoms with Crippen LogP contribution >= 0.6 is 0 Å². The molecule has 2 aromatic heterocycles. The Labute approximate surface area is 316 Å². The lowest BCUT2D eigenvalue weighted by Crippen LogP contribution is -2.25. The predicted octanol–water partition coefficient (Wildman–Crippen LogP) is 15.0. The zero-order valence-electron chi connectivity index (χ0n) is 34.1. The van der Waals surface area contributed by atoms with Crippen LogP contribution in [0.25, 0.3) is 0 Å². The van der Waals surface area contributed by atoms with Gasteiger partial charge in [0.2, 0.25) is 0 Å². The molecular formula is C49H80N2. The van der Waals surface area contributed by atoms with Crippen LogP contribution in [0.2, 0.25) is 0 Å². The maximum atomic E-state index is 4.83. The summed E-state index contributed by atoms with van der Waals surface area (Å²) in [6, 6.07) is 9.32. The van der Waals surface area contributed by atoms with E-state index in [1.165, 1.54) is 196 Å². The Balaban J connectivity index is 0.000000198. The molecule has 0 saturated heterocycles. The molecular weight excluding hydrogens is 617 g/mol. The Morgan fingerprint density at radius 1 is 0.412 bits per heavy atom. The first-order valence-corrected chi connectivity index (χ1v) is 23.0. The molecule has 0 N–H and O–H groups in total. The van der Waals surface area contributed by atoms with Crippen molar-refractivity contribution in [2.24, 2.45) is 35.5 Å². The van der Waals surface area contributed by atoms with E-state index in [-0.39, 0.29) is 0 Å². The van der Waals surface area contributed by atoms with Gasteiger partial charge in [0.1, 0.15) is 0 Å². The SMILES string of the molecule is CCCCc1ccc(C2CCC([C@H]3CC[C@H](CCC)CC3)CC2)nc1.CCCCc1ccc(C2CCC([C@H]3CC[C@H](CCCC)CC3)CC2)nc1. The molecule has 2 aromatic rings. The molecule has 0 bridgehead atoms. The first-order valence-electron chi connectivity index (χ1n) is 23.0. The molecule has 0 aromatic carbocycles. The quantitative estimate of drug-likeness (QED) is 0.185.